The Bertz CT molecular complexity index is 712. The Morgan fingerprint density at radius 1 is 1.00 bits per heavy atom. The summed E-state index contributed by atoms with van der Waals surface area (Å²) in [7, 11) is 0. The van der Waals surface area contributed by atoms with Crippen LogP contribution in [0.3, 0.4) is 0 Å². The number of halogens is 3. The van der Waals surface area contributed by atoms with E-state index in [0.717, 1.165) is 50.2 Å². The zero-order chi connectivity index (χ0) is 19.7. The van der Waals surface area contributed by atoms with E-state index >= 15 is 0 Å². The molecule has 0 saturated heterocycles. The van der Waals surface area contributed by atoms with Gasteiger partial charge in [-0.15, -0.1) is 0 Å². The Balaban J connectivity index is 1.47. The smallest absolute Gasteiger partial charge is 0.381 e. The van der Waals surface area contributed by atoms with Crippen LogP contribution >= 0.6 is 0 Å². The van der Waals surface area contributed by atoms with Gasteiger partial charge in [0.1, 0.15) is 0 Å². The fourth-order valence-corrected chi connectivity index (χ4v) is 5.48. The summed E-state index contributed by atoms with van der Waals surface area (Å²) in [5, 5.41) is 6.17. The fraction of sp³-hybridized carbons (Fsp3) is 0.682. The van der Waals surface area contributed by atoms with E-state index in [1.165, 1.54) is 31.7 Å². The van der Waals surface area contributed by atoms with Gasteiger partial charge in [0, 0.05) is 12.5 Å². The molecule has 154 valence electrons. The number of fused-ring (bicyclic) bond motifs is 2. The van der Waals surface area contributed by atoms with Crippen LogP contribution in [0.15, 0.2) is 18.2 Å². The van der Waals surface area contributed by atoms with Crippen LogP contribution in [-0.4, -0.2) is 11.9 Å². The first-order valence-corrected chi connectivity index (χ1v) is 10.7. The number of anilines is 2. The molecule has 1 aromatic rings. The van der Waals surface area contributed by atoms with Crippen LogP contribution in [0.2, 0.25) is 0 Å². The van der Waals surface area contributed by atoms with Crippen LogP contribution in [0.4, 0.5) is 24.5 Å². The summed E-state index contributed by atoms with van der Waals surface area (Å²) in [5.74, 6) is 1.60. The number of amides is 1. The Labute approximate surface area is 164 Å². The second kappa shape index (κ2) is 7.96. The van der Waals surface area contributed by atoms with Crippen molar-refractivity contribution < 1.29 is 18.0 Å². The van der Waals surface area contributed by atoms with E-state index in [-0.39, 0.29) is 17.6 Å². The molecule has 3 saturated carbocycles. The maximum atomic E-state index is 13.2. The number of nitrogens with one attached hydrogen (secondary N) is 2. The summed E-state index contributed by atoms with van der Waals surface area (Å²) in [5.41, 5.74) is 0.131. The van der Waals surface area contributed by atoms with Gasteiger partial charge < -0.3 is 10.6 Å². The lowest BCUT2D eigenvalue weighted by atomic mass is 9.86. The highest BCUT2D eigenvalue weighted by Gasteiger charge is 2.40. The van der Waals surface area contributed by atoms with Crippen molar-refractivity contribution >= 4 is 17.3 Å². The van der Waals surface area contributed by atoms with E-state index in [2.05, 4.69) is 10.6 Å². The van der Waals surface area contributed by atoms with Crippen LogP contribution in [0, 0.1) is 17.8 Å². The quantitative estimate of drug-likeness (QED) is 0.623. The molecule has 3 fully saturated rings. The summed E-state index contributed by atoms with van der Waals surface area (Å²) in [6, 6.07) is 3.89. The molecule has 0 spiro atoms. The molecule has 28 heavy (non-hydrogen) atoms. The fourth-order valence-electron chi connectivity index (χ4n) is 5.48. The second-order valence-corrected chi connectivity index (χ2v) is 8.92. The van der Waals surface area contributed by atoms with E-state index < -0.39 is 11.7 Å². The number of alkyl halides is 3. The van der Waals surface area contributed by atoms with Crippen molar-refractivity contribution in [3.8, 4) is 0 Å². The molecule has 2 bridgehead atoms. The molecule has 3 aliphatic rings. The van der Waals surface area contributed by atoms with Crippen molar-refractivity contribution in [1.29, 1.82) is 0 Å². The SMILES string of the molecule is O=C(C[C@H]1C[C@@H]2CC[C@H]1C2)Nc1cc(C(F)(F)F)ccc1NC1CCCCC1. The minimum Gasteiger partial charge on any atom is -0.381 e. The molecule has 3 atom stereocenters. The highest BCUT2D eigenvalue weighted by molar-refractivity contribution is 5.94. The van der Waals surface area contributed by atoms with Gasteiger partial charge in [-0.1, -0.05) is 25.7 Å². The number of hydrogen-bond donors (Lipinski definition) is 2. The molecule has 3 nitrogen and oxygen atoms in total. The molecule has 3 aliphatic carbocycles. The van der Waals surface area contributed by atoms with Crippen LogP contribution in [0.5, 0.6) is 0 Å². The number of rotatable bonds is 5. The van der Waals surface area contributed by atoms with Crippen molar-refractivity contribution in [2.45, 2.75) is 76.4 Å². The average Bonchev–Trinajstić information content (AvgIpc) is 3.26. The first-order chi connectivity index (χ1) is 13.4. The first-order valence-electron chi connectivity index (χ1n) is 10.7. The third-order valence-corrected chi connectivity index (χ3v) is 6.92. The summed E-state index contributed by atoms with van der Waals surface area (Å²) in [6.07, 6.45) is 6.26. The summed E-state index contributed by atoms with van der Waals surface area (Å²) in [6.45, 7) is 0. The molecule has 2 N–H and O–H groups in total. The molecular formula is C22H29F3N2O. The van der Waals surface area contributed by atoms with E-state index in [9.17, 15) is 18.0 Å². The molecule has 6 heteroatoms. The Morgan fingerprint density at radius 3 is 2.43 bits per heavy atom. The highest BCUT2D eigenvalue weighted by Crippen LogP contribution is 2.49. The van der Waals surface area contributed by atoms with Gasteiger partial charge >= 0.3 is 6.18 Å². The third kappa shape index (κ3) is 4.47. The van der Waals surface area contributed by atoms with Gasteiger partial charge in [-0.3, -0.25) is 4.79 Å². The lowest BCUT2D eigenvalue weighted by Crippen LogP contribution is -2.25. The van der Waals surface area contributed by atoms with Gasteiger partial charge in [-0.05, 0) is 68.1 Å². The molecule has 0 aromatic heterocycles. The number of benzene rings is 1. The van der Waals surface area contributed by atoms with Crippen LogP contribution < -0.4 is 10.6 Å². The zero-order valence-electron chi connectivity index (χ0n) is 16.2. The molecule has 0 radical (unpaired) electrons. The van der Waals surface area contributed by atoms with Crippen molar-refractivity contribution in [3.63, 3.8) is 0 Å². The van der Waals surface area contributed by atoms with Crippen molar-refractivity contribution in [1.82, 2.24) is 0 Å². The van der Waals surface area contributed by atoms with E-state index in [4.69, 9.17) is 0 Å². The first kappa shape index (κ1) is 19.6. The second-order valence-electron chi connectivity index (χ2n) is 8.92. The summed E-state index contributed by atoms with van der Waals surface area (Å²) in [4.78, 5) is 12.6. The summed E-state index contributed by atoms with van der Waals surface area (Å²) >= 11 is 0. The maximum absolute atomic E-state index is 13.2. The van der Waals surface area contributed by atoms with Gasteiger partial charge in [0.25, 0.3) is 0 Å². The molecular weight excluding hydrogens is 365 g/mol. The monoisotopic (exact) mass is 394 g/mol. The van der Waals surface area contributed by atoms with E-state index in [1.807, 2.05) is 0 Å². The molecule has 1 aromatic carbocycles. The molecule has 4 rings (SSSR count). The molecule has 1 amide bonds. The number of hydrogen-bond acceptors (Lipinski definition) is 2. The normalized spacial score (nSPS) is 27.8. The number of carbonyl (C=O) groups excluding carboxylic acids is 1. The van der Waals surface area contributed by atoms with Crippen molar-refractivity contribution in [2.75, 3.05) is 10.6 Å². The van der Waals surface area contributed by atoms with Crippen LogP contribution in [0.1, 0.15) is 69.8 Å². The lowest BCUT2D eigenvalue weighted by molar-refractivity contribution is -0.137. The van der Waals surface area contributed by atoms with Gasteiger partial charge in [-0.2, -0.15) is 13.2 Å². The predicted molar refractivity (Wildman–Crippen MR) is 104 cm³/mol. The van der Waals surface area contributed by atoms with Gasteiger partial charge in [0.15, 0.2) is 0 Å². The third-order valence-electron chi connectivity index (χ3n) is 6.92. The largest absolute Gasteiger partial charge is 0.416 e. The number of carbonyl (C=O) groups is 1. The van der Waals surface area contributed by atoms with Crippen LogP contribution in [-0.2, 0) is 11.0 Å². The van der Waals surface area contributed by atoms with Crippen molar-refractivity contribution in [2.24, 2.45) is 17.8 Å². The van der Waals surface area contributed by atoms with Gasteiger partial charge in [0.2, 0.25) is 5.91 Å². The van der Waals surface area contributed by atoms with Crippen LogP contribution in [0.25, 0.3) is 0 Å². The standard InChI is InChI=1S/C22H29F3N2O/c23-22(24,25)17-8-9-19(26-18-4-2-1-3-5-18)20(13-17)27-21(28)12-16-11-14-6-7-15(16)10-14/h8-9,13-16,18,26H,1-7,10-12H2,(H,27,28)/t14-,15+,16-/m1/s1. The van der Waals surface area contributed by atoms with Gasteiger partial charge in [-0.25, -0.2) is 0 Å². The van der Waals surface area contributed by atoms with E-state index in [0.29, 0.717) is 23.9 Å². The average molecular weight is 394 g/mol. The minimum absolute atomic E-state index is 0.163. The summed E-state index contributed by atoms with van der Waals surface area (Å²) < 4.78 is 39.6. The Morgan fingerprint density at radius 2 is 1.79 bits per heavy atom. The zero-order valence-corrected chi connectivity index (χ0v) is 16.2. The maximum Gasteiger partial charge on any atom is 0.416 e. The van der Waals surface area contributed by atoms with Gasteiger partial charge in [0.05, 0.1) is 16.9 Å². The predicted octanol–water partition coefficient (Wildman–Crippen LogP) is 6.21. The van der Waals surface area contributed by atoms with E-state index in [1.54, 1.807) is 0 Å². The Hall–Kier alpha value is -1.72. The minimum atomic E-state index is -4.42. The van der Waals surface area contributed by atoms with Crippen molar-refractivity contribution in [3.05, 3.63) is 23.8 Å². The molecule has 0 heterocycles. The highest BCUT2D eigenvalue weighted by atomic mass is 19.4. The lowest BCUT2D eigenvalue weighted by Gasteiger charge is -2.26. The topological polar surface area (TPSA) is 41.1 Å². The molecule has 0 aliphatic heterocycles. The Kier molecular flexibility index (Phi) is 5.57. The molecule has 0 unspecified atom stereocenters.